The molecule has 8 heteroatoms. The van der Waals surface area contributed by atoms with Crippen LogP contribution in [0.5, 0.6) is 5.75 Å². The van der Waals surface area contributed by atoms with Crippen molar-refractivity contribution in [3.8, 4) is 5.75 Å². The molecule has 4 rings (SSSR count). The molecule has 0 fully saturated rings. The minimum Gasteiger partial charge on any atom is -0.378 e. The second-order valence-corrected chi connectivity index (χ2v) is 8.90. The van der Waals surface area contributed by atoms with Crippen LogP contribution in [0.25, 0.3) is 10.1 Å². The Labute approximate surface area is 154 Å². The van der Waals surface area contributed by atoms with E-state index in [0.29, 0.717) is 12.1 Å². The van der Waals surface area contributed by atoms with Gasteiger partial charge in [-0.1, -0.05) is 24.3 Å². The molecule has 0 aliphatic carbocycles. The van der Waals surface area contributed by atoms with Crippen LogP contribution >= 0.6 is 11.3 Å². The number of thiophene rings is 1. The van der Waals surface area contributed by atoms with Crippen LogP contribution in [0.2, 0.25) is 0 Å². The van der Waals surface area contributed by atoms with Crippen molar-refractivity contribution in [2.75, 3.05) is 6.54 Å². The predicted octanol–water partition coefficient (Wildman–Crippen LogP) is 2.34. The Hall–Kier alpha value is -2.42. The fourth-order valence-electron chi connectivity index (χ4n) is 3.08. The van der Waals surface area contributed by atoms with Crippen LogP contribution in [0.4, 0.5) is 0 Å². The van der Waals surface area contributed by atoms with Crippen LogP contribution in [-0.2, 0) is 21.3 Å². The number of nitrogens with one attached hydrogen (secondary N) is 1. The molecule has 1 aromatic heterocycles. The van der Waals surface area contributed by atoms with E-state index in [2.05, 4.69) is 5.32 Å². The molecule has 0 saturated carbocycles. The van der Waals surface area contributed by atoms with Crippen molar-refractivity contribution in [1.82, 2.24) is 5.32 Å². The van der Waals surface area contributed by atoms with Gasteiger partial charge in [0.05, 0.1) is 0 Å². The summed E-state index contributed by atoms with van der Waals surface area (Å²) in [6, 6.07) is 13.3. The molecule has 0 saturated heterocycles. The van der Waals surface area contributed by atoms with E-state index in [9.17, 15) is 13.2 Å². The third-order valence-corrected chi connectivity index (χ3v) is 7.11. The third kappa shape index (κ3) is 3.07. The molecule has 0 bridgehead atoms. The van der Waals surface area contributed by atoms with Gasteiger partial charge in [-0.05, 0) is 47.2 Å². The lowest BCUT2D eigenvalue weighted by Gasteiger charge is -2.24. The van der Waals surface area contributed by atoms with Crippen molar-refractivity contribution in [2.24, 2.45) is 5.73 Å². The number of carbonyl (C=O) groups is 1. The van der Waals surface area contributed by atoms with Gasteiger partial charge in [-0.15, -0.1) is 11.3 Å². The van der Waals surface area contributed by atoms with E-state index >= 15 is 0 Å². The lowest BCUT2D eigenvalue weighted by molar-refractivity contribution is -0.120. The maximum absolute atomic E-state index is 12.6. The number of primary amides is 1. The molecule has 1 aliphatic heterocycles. The Balaban J connectivity index is 1.68. The molecule has 1 amide bonds. The molecule has 1 unspecified atom stereocenters. The van der Waals surface area contributed by atoms with Crippen LogP contribution in [0.1, 0.15) is 17.2 Å². The smallest absolute Gasteiger partial charge is 0.348 e. The molecule has 1 atom stereocenters. The summed E-state index contributed by atoms with van der Waals surface area (Å²) in [5.41, 5.74) is 7.05. The molecule has 0 radical (unpaired) electrons. The minimum atomic E-state index is -3.96. The van der Waals surface area contributed by atoms with Crippen LogP contribution in [0, 0.1) is 0 Å². The summed E-state index contributed by atoms with van der Waals surface area (Å²) in [4.78, 5) is 11.6. The number of rotatable bonds is 4. The fourth-order valence-corrected chi connectivity index (χ4v) is 5.37. The van der Waals surface area contributed by atoms with Crippen molar-refractivity contribution in [1.29, 1.82) is 0 Å². The van der Waals surface area contributed by atoms with Gasteiger partial charge >= 0.3 is 10.1 Å². The molecule has 6 nitrogen and oxygen atoms in total. The monoisotopic (exact) mass is 388 g/mol. The number of benzene rings is 2. The zero-order valence-corrected chi connectivity index (χ0v) is 15.3. The molecule has 3 aromatic rings. The number of amides is 1. The summed E-state index contributed by atoms with van der Waals surface area (Å²) in [7, 11) is -3.96. The predicted molar refractivity (Wildman–Crippen MR) is 99.7 cm³/mol. The lowest BCUT2D eigenvalue weighted by atomic mass is 9.94. The number of hydrogen-bond acceptors (Lipinski definition) is 6. The van der Waals surface area contributed by atoms with Crippen molar-refractivity contribution < 1.29 is 17.4 Å². The quantitative estimate of drug-likeness (QED) is 0.669. The van der Waals surface area contributed by atoms with Gasteiger partial charge < -0.3 is 15.2 Å². The van der Waals surface area contributed by atoms with Gasteiger partial charge in [0.1, 0.15) is 11.8 Å². The first-order valence-electron chi connectivity index (χ1n) is 8.03. The first-order valence-corrected chi connectivity index (χ1v) is 10.2. The highest BCUT2D eigenvalue weighted by Crippen LogP contribution is 2.32. The topological polar surface area (TPSA) is 98.5 Å². The van der Waals surface area contributed by atoms with E-state index < -0.39 is 22.1 Å². The van der Waals surface area contributed by atoms with Gasteiger partial charge in [0, 0.05) is 11.2 Å². The number of carbonyl (C=O) groups excluding carboxylic acids is 1. The van der Waals surface area contributed by atoms with Crippen LogP contribution < -0.4 is 15.2 Å². The van der Waals surface area contributed by atoms with Crippen LogP contribution in [-0.4, -0.2) is 20.9 Å². The van der Waals surface area contributed by atoms with Gasteiger partial charge in [0.2, 0.25) is 5.91 Å². The Morgan fingerprint density at radius 1 is 1.19 bits per heavy atom. The Morgan fingerprint density at radius 3 is 2.77 bits per heavy atom. The van der Waals surface area contributed by atoms with Gasteiger partial charge in [-0.2, -0.15) is 8.42 Å². The zero-order valence-electron chi connectivity index (χ0n) is 13.6. The largest absolute Gasteiger partial charge is 0.378 e. The molecular weight excluding hydrogens is 372 g/mol. The molecule has 2 aromatic carbocycles. The Kier molecular flexibility index (Phi) is 4.18. The minimum absolute atomic E-state index is 0.140. The van der Waals surface area contributed by atoms with Crippen LogP contribution in [0.3, 0.4) is 0 Å². The summed E-state index contributed by atoms with van der Waals surface area (Å²) < 4.78 is 31.6. The first kappa shape index (κ1) is 17.0. The van der Waals surface area contributed by atoms with E-state index in [1.807, 2.05) is 24.3 Å². The van der Waals surface area contributed by atoms with Gasteiger partial charge in [0.15, 0.2) is 4.21 Å². The standard InChI is InChI=1S/C18H16N2O4S2/c19-18(21)17-14-10-13(6-5-11(14)7-8-20-17)24-26(22,23)16-9-12-3-1-2-4-15(12)25-16/h1-6,9-10,17,20H,7-8H2,(H2,19,21). The van der Waals surface area contributed by atoms with E-state index in [1.165, 1.54) is 0 Å². The average Bonchev–Trinajstić information content (AvgIpc) is 3.06. The number of hydrogen-bond donors (Lipinski definition) is 2. The SMILES string of the molecule is NC(=O)C1NCCc2ccc(OS(=O)(=O)c3cc4ccccc4s3)cc21. The summed E-state index contributed by atoms with van der Waals surface area (Å²) >= 11 is 1.16. The fraction of sp³-hybridized carbons (Fsp3) is 0.167. The highest BCUT2D eigenvalue weighted by molar-refractivity contribution is 7.89. The van der Waals surface area contributed by atoms with E-state index in [1.54, 1.807) is 24.3 Å². The van der Waals surface area contributed by atoms with Crippen molar-refractivity contribution in [2.45, 2.75) is 16.7 Å². The summed E-state index contributed by atoms with van der Waals surface area (Å²) in [6.07, 6.45) is 0.739. The second-order valence-electron chi connectivity index (χ2n) is 6.04. The zero-order chi connectivity index (χ0) is 18.3. The molecule has 26 heavy (non-hydrogen) atoms. The Morgan fingerprint density at radius 2 is 2.00 bits per heavy atom. The third-order valence-electron chi connectivity index (χ3n) is 4.31. The summed E-state index contributed by atoms with van der Waals surface area (Å²) in [5.74, 6) is -0.341. The maximum atomic E-state index is 12.6. The normalized spacial score (nSPS) is 17.0. The molecule has 134 valence electrons. The highest BCUT2D eigenvalue weighted by atomic mass is 32.3. The van der Waals surface area contributed by atoms with Gasteiger partial charge in [-0.25, -0.2) is 0 Å². The molecule has 3 N–H and O–H groups in total. The number of fused-ring (bicyclic) bond motifs is 2. The molecule has 2 heterocycles. The van der Waals surface area contributed by atoms with Crippen LogP contribution in [0.15, 0.2) is 52.7 Å². The summed E-state index contributed by atoms with van der Waals surface area (Å²) in [6.45, 7) is 0.640. The second kappa shape index (κ2) is 6.39. The van der Waals surface area contributed by atoms with Crippen molar-refractivity contribution >= 4 is 37.4 Å². The molecular formula is C18H16N2O4S2. The van der Waals surface area contributed by atoms with Crippen molar-refractivity contribution in [3.05, 3.63) is 59.7 Å². The highest BCUT2D eigenvalue weighted by Gasteiger charge is 2.26. The maximum Gasteiger partial charge on any atom is 0.348 e. The number of nitrogens with two attached hydrogens (primary N) is 1. The molecule has 1 aliphatic rings. The summed E-state index contributed by atoms with van der Waals surface area (Å²) in [5, 5.41) is 3.89. The Bertz CT molecular complexity index is 1070. The first-order chi connectivity index (χ1) is 12.4. The van der Waals surface area contributed by atoms with E-state index in [-0.39, 0.29) is 9.96 Å². The average molecular weight is 388 g/mol. The van der Waals surface area contributed by atoms with Gasteiger partial charge in [-0.3, -0.25) is 4.79 Å². The van der Waals surface area contributed by atoms with E-state index in [0.717, 1.165) is 33.4 Å². The molecule has 0 spiro atoms. The van der Waals surface area contributed by atoms with Crippen molar-refractivity contribution in [3.63, 3.8) is 0 Å². The lowest BCUT2D eigenvalue weighted by Crippen LogP contribution is -2.38. The van der Waals surface area contributed by atoms with Gasteiger partial charge in [0.25, 0.3) is 0 Å². The van der Waals surface area contributed by atoms with E-state index in [4.69, 9.17) is 9.92 Å².